The van der Waals surface area contributed by atoms with Crippen molar-refractivity contribution < 1.29 is 4.79 Å². The molecular weight excluding hydrogens is 334 g/mol. The van der Waals surface area contributed by atoms with Gasteiger partial charge in [-0.2, -0.15) is 9.61 Å². The molecule has 4 N–H and O–H groups in total. The zero-order valence-corrected chi connectivity index (χ0v) is 14.3. The molecule has 9 nitrogen and oxygen atoms in total. The Morgan fingerprint density at radius 1 is 1.38 bits per heavy atom. The number of nitrogens with zero attached hydrogens (tertiary/aromatic N) is 4. The Balaban J connectivity index is 1.77. The molecule has 0 radical (unpaired) electrons. The molecule has 1 aliphatic rings. The van der Waals surface area contributed by atoms with Gasteiger partial charge in [0.05, 0.1) is 6.20 Å². The van der Waals surface area contributed by atoms with Gasteiger partial charge >= 0.3 is 0 Å². The lowest BCUT2D eigenvalue weighted by atomic mass is 9.93. The Bertz CT molecular complexity index is 1050. The molecule has 1 saturated carbocycles. The summed E-state index contributed by atoms with van der Waals surface area (Å²) in [6, 6.07) is 5.54. The fourth-order valence-corrected chi connectivity index (χ4v) is 3.07. The monoisotopic (exact) mass is 353 g/mol. The number of nitrogens with one attached hydrogen (secondary N) is 2. The lowest BCUT2D eigenvalue weighted by Crippen LogP contribution is -2.29. The molecule has 134 valence electrons. The van der Waals surface area contributed by atoms with Crippen LogP contribution in [0.3, 0.4) is 0 Å². The van der Waals surface area contributed by atoms with Gasteiger partial charge in [0.15, 0.2) is 5.65 Å². The van der Waals surface area contributed by atoms with Crippen LogP contribution >= 0.6 is 0 Å². The molecule has 1 fully saturated rings. The first-order chi connectivity index (χ1) is 12.6. The molecule has 0 aromatic carbocycles. The quantitative estimate of drug-likeness (QED) is 0.639. The molecule has 0 bridgehead atoms. The van der Waals surface area contributed by atoms with E-state index in [0.717, 1.165) is 19.3 Å². The van der Waals surface area contributed by atoms with Crippen molar-refractivity contribution in [2.24, 2.45) is 5.73 Å². The Morgan fingerprint density at radius 2 is 2.19 bits per heavy atom. The molecule has 0 atom stereocenters. The van der Waals surface area contributed by atoms with Gasteiger partial charge in [-0.15, -0.1) is 0 Å². The SMILES string of the molecule is CNc1cc(Nc2cccn(C3CCC3)c2=O)nc2c(C(N)=O)cnn12. The van der Waals surface area contributed by atoms with Gasteiger partial charge in [0.25, 0.3) is 11.5 Å². The number of carbonyl (C=O) groups is 1. The first kappa shape index (κ1) is 16.1. The second-order valence-electron chi connectivity index (χ2n) is 6.28. The fraction of sp³-hybridized carbons (Fsp3) is 0.294. The van der Waals surface area contributed by atoms with E-state index in [4.69, 9.17) is 5.73 Å². The number of anilines is 3. The first-order valence-electron chi connectivity index (χ1n) is 8.43. The normalized spacial score (nSPS) is 14.2. The van der Waals surface area contributed by atoms with Crippen LogP contribution in [0.4, 0.5) is 17.3 Å². The highest BCUT2D eigenvalue weighted by Crippen LogP contribution is 2.30. The number of amides is 1. The summed E-state index contributed by atoms with van der Waals surface area (Å²) in [6.07, 6.45) is 6.39. The highest BCUT2D eigenvalue weighted by molar-refractivity contribution is 5.98. The lowest BCUT2D eigenvalue weighted by Gasteiger charge is -2.27. The summed E-state index contributed by atoms with van der Waals surface area (Å²) in [5.74, 6) is 0.423. The molecule has 0 spiro atoms. The van der Waals surface area contributed by atoms with Gasteiger partial charge in [-0.1, -0.05) is 0 Å². The van der Waals surface area contributed by atoms with E-state index in [2.05, 4.69) is 20.7 Å². The van der Waals surface area contributed by atoms with Crippen LogP contribution in [0.15, 0.2) is 35.4 Å². The second kappa shape index (κ2) is 6.17. The van der Waals surface area contributed by atoms with Crippen molar-refractivity contribution >= 4 is 28.9 Å². The van der Waals surface area contributed by atoms with Gasteiger partial charge in [-0.3, -0.25) is 9.59 Å². The molecule has 26 heavy (non-hydrogen) atoms. The largest absolute Gasteiger partial charge is 0.373 e. The minimum absolute atomic E-state index is 0.0893. The van der Waals surface area contributed by atoms with E-state index >= 15 is 0 Å². The minimum atomic E-state index is -0.612. The van der Waals surface area contributed by atoms with Crippen molar-refractivity contribution in [2.75, 3.05) is 17.7 Å². The summed E-state index contributed by atoms with van der Waals surface area (Å²) in [5, 5.41) is 10.2. The van der Waals surface area contributed by atoms with Crippen LogP contribution in [0.5, 0.6) is 0 Å². The number of fused-ring (bicyclic) bond motifs is 1. The number of nitrogens with two attached hydrogens (primary N) is 1. The predicted octanol–water partition coefficient (Wildman–Crippen LogP) is 1.50. The van der Waals surface area contributed by atoms with E-state index in [1.807, 2.05) is 12.3 Å². The fourth-order valence-electron chi connectivity index (χ4n) is 3.07. The van der Waals surface area contributed by atoms with Gasteiger partial charge in [0.1, 0.15) is 22.9 Å². The smallest absolute Gasteiger partial charge is 0.274 e. The standard InChI is InChI=1S/C17H19N7O2/c1-19-14-8-13(22-16-11(15(18)25)9-20-24(14)16)21-12-6-3-7-23(17(12)26)10-4-2-5-10/h3,6-10,19H,2,4-5H2,1H3,(H2,18,25)(H,21,22). The number of pyridine rings is 1. The lowest BCUT2D eigenvalue weighted by molar-refractivity contribution is 0.100. The summed E-state index contributed by atoms with van der Waals surface area (Å²) >= 11 is 0. The molecular formula is C17H19N7O2. The van der Waals surface area contributed by atoms with Crippen molar-refractivity contribution in [3.8, 4) is 0 Å². The highest BCUT2D eigenvalue weighted by Gasteiger charge is 2.21. The van der Waals surface area contributed by atoms with Crippen LogP contribution in [-0.2, 0) is 0 Å². The maximum Gasteiger partial charge on any atom is 0.274 e. The third-order valence-electron chi connectivity index (χ3n) is 4.70. The van der Waals surface area contributed by atoms with Crippen molar-refractivity contribution in [3.63, 3.8) is 0 Å². The molecule has 0 unspecified atom stereocenters. The Hall–Kier alpha value is -3.36. The molecule has 0 saturated heterocycles. The number of primary amides is 1. The summed E-state index contributed by atoms with van der Waals surface area (Å²) in [5.41, 5.74) is 6.27. The molecule has 1 aliphatic carbocycles. The van der Waals surface area contributed by atoms with Crippen molar-refractivity contribution in [2.45, 2.75) is 25.3 Å². The minimum Gasteiger partial charge on any atom is -0.373 e. The summed E-state index contributed by atoms with van der Waals surface area (Å²) in [7, 11) is 1.73. The summed E-state index contributed by atoms with van der Waals surface area (Å²) in [6.45, 7) is 0. The van der Waals surface area contributed by atoms with Crippen molar-refractivity contribution in [1.29, 1.82) is 0 Å². The average Bonchev–Trinajstić information content (AvgIpc) is 3.00. The summed E-state index contributed by atoms with van der Waals surface area (Å²) < 4.78 is 3.25. The van der Waals surface area contributed by atoms with Crippen LogP contribution < -0.4 is 21.9 Å². The van der Waals surface area contributed by atoms with E-state index < -0.39 is 5.91 Å². The third-order valence-corrected chi connectivity index (χ3v) is 4.70. The Labute approximate surface area is 148 Å². The first-order valence-corrected chi connectivity index (χ1v) is 8.43. The van der Waals surface area contributed by atoms with Crippen LogP contribution in [0.1, 0.15) is 35.7 Å². The molecule has 3 aromatic rings. The van der Waals surface area contributed by atoms with Crippen molar-refractivity contribution in [3.05, 3.63) is 46.5 Å². The zero-order chi connectivity index (χ0) is 18.3. The second-order valence-corrected chi connectivity index (χ2v) is 6.28. The van der Waals surface area contributed by atoms with Crippen LogP contribution in [-0.4, -0.2) is 32.1 Å². The molecule has 9 heteroatoms. The third kappa shape index (κ3) is 2.57. The van der Waals surface area contributed by atoms with Gasteiger partial charge in [0.2, 0.25) is 0 Å². The van der Waals surface area contributed by atoms with Gasteiger partial charge < -0.3 is 20.9 Å². The summed E-state index contributed by atoms with van der Waals surface area (Å²) in [4.78, 5) is 28.7. The van der Waals surface area contributed by atoms with E-state index in [9.17, 15) is 9.59 Å². The molecule has 3 heterocycles. The molecule has 0 aliphatic heterocycles. The zero-order valence-electron chi connectivity index (χ0n) is 14.3. The maximum absolute atomic E-state index is 12.7. The number of aromatic nitrogens is 4. The van der Waals surface area contributed by atoms with Crippen LogP contribution in [0.2, 0.25) is 0 Å². The number of hydrogen-bond acceptors (Lipinski definition) is 6. The number of rotatable bonds is 5. The van der Waals surface area contributed by atoms with E-state index in [1.54, 1.807) is 23.7 Å². The van der Waals surface area contributed by atoms with Crippen molar-refractivity contribution in [1.82, 2.24) is 19.2 Å². The number of hydrogen-bond donors (Lipinski definition) is 3. The van der Waals surface area contributed by atoms with Gasteiger partial charge in [-0.05, 0) is 31.4 Å². The van der Waals surface area contributed by atoms with E-state index in [0.29, 0.717) is 23.0 Å². The molecule has 3 aromatic heterocycles. The Kier molecular flexibility index (Phi) is 3.83. The topological polar surface area (TPSA) is 119 Å². The van der Waals surface area contributed by atoms with E-state index in [-0.39, 0.29) is 17.2 Å². The van der Waals surface area contributed by atoms with Crippen LogP contribution in [0, 0.1) is 0 Å². The highest BCUT2D eigenvalue weighted by atomic mass is 16.1. The average molecular weight is 353 g/mol. The number of carbonyl (C=O) groups excluding carboxylic acids is 1. The van der Waals surface area contributed by atoms with Crippen LogP contribution in [0.25, 0.3) is 5.65 Å². The molecule has 4 rings (SSSR count). The predicted molar refractivity (Wildman–Crippen MR) is 97.9 cm³/mol. The van der Waals surface area contributed by atoms with Gasteiger partial charge in [0, 0.05) is 25.4 Å². The Morgan fingerprint density at radius 3 is 2.85 bits per heavy atom. The van der Waals surface area contributed by atoms with Gasteiger partial charge in [-0.25, -0.2) is 4.98 Å². The van der Waals surface area contributed by atoms with E-state index in [1.165, 1.54) is 10.7 Å². The molecule has 1 amide bonds. The maximum atomic E-state index is 12.7.